The van der Waals surface area contributed by atoms with Crippen molar-refractivity contribution in [3.8, 4) is 11.4 Å². The highest BCUT2D eigenvalue weighted by Crippen LogP contribution is 2.17. The van der Waals surface area contributed by atoms with Crippen molar-refractivity contribution in [2.24, 2.45) is 0 Å². The number of nitrogens with one attached hydrogen (secondary N) is 1. The number of hydrogen-bond donors (Lipinski definition) is 1. The summed E-state index contributed by atoms with van der Waals surface area (Å²) in [6, 6.07) is 3.92. The van der Waals surface area contributed by atoms with Crippen LogP contribution < -0.4 is 5.32 Å². The van der Waals surface area contributed by atoms with Crippen molar-refractivity contribution in [1.29, 1.82) is 0 Å². The molecule has 7 heteroatoms. The first-order valence-corrected chi connectivity index (χ1v) is 4.98. The zero-order valence-electron chi connectivity index (χ0n) is 9.04. The van der Waals surface area contributed by atoms with E-state index in [1.54, 1.807) is 6.20 Å². The highest BCUT2D eigenvalue weighted by atomic mass is 35.5. The van der Waals surface area contributed by atoms with E-state index < -0.39 is 0 Å². The van der Waals surface area contributed by atoms with Crippen LogP contribution in [0.4, 0.5) is 0 Å². The fourth-order valence-electron chi connectivity index (χ4n) is 1.80. The molecule has 0 spiro atoms. The molecule has 92 valence electrons. The van der Waals surface area contributed by atoms with Crippen LogP contribution in [0.5, 0.6) is 0 Å². The van der Waals surface area contributed by atoms with Crippen LogP contribution >= 0.6 is 24.8 Å². The Bertz CT molecular complexity index is 471. The molecular formula is C10H13Cl2N5. The van der Waals surface area contributed by atoms with Gasteiger partial charge in [0.15, 0.2) is 5.82 Å². The first kappa shape index (κ1) is 13.9. The Kier molecular flexibility index (Phi) is 4.86. The molecule has 0 amide bonds. The topological polar surface area (TPSA) is 55.6 Å². The summed E-state index contributed by atoms with van der Waals surface area (Å²) in [4.78, 5) is 4.09. The SMILES string of the molecule is Cl.Cl.c1cncc(-c2nnc3n2CCNC3)c1. The van der Waals surface area contributed by atoms with E-state index in [9.17, 15) is 0 Å². The molecule has 0 bridgehead atoms. The molecule has 17 heavy (non-hydrogen) atoms. The third kappa shape index (κ3) is 2.57. The van der Waals surface area contributed by atoms with Gasteiger partial charge < -0.3 is 9.88 Å². The number of pyridine rings is 1. The lowest BCUT2D eigenvalue weighted by molar-refractivity contribution is 0.508. The standard InChI is InChI=1S/C10H11N5.2ClH/c1-2-8(6-11-3-1)10-14-13-9-7-12-4-5-15(9)10;;/h1-3,6,12H,4-5,7H2;2*1H. The van der Waals surface area contributed by atoms with Crippen molar-refractivity contribution in [2.45, 2.75) is 13.1 Å². The van der Waals surface area contributed by atoms with Crippen LogP contribution in [0.25, 0.3) is 11.4 Å². The van der Waals surface area contributed by atoms with Gasteiger partial charge in [0.05, 0.1) is 6.54 Å². The van der Waals surface area contributed by atoms with Crippen molar-refractivity contribution in [2.75, 3.05) is 6.54 Å². The van der Waals surface area contributed by atoms with Gasteiger partial charge in [-0.2, -0.15) is 0 Å². The van der Waals surface area contributed by atoms with E-state index in [2.05, 4.69) is 25.1 Å². The maximum absolute atomic E-state index is 4.20. The first-order valence-electron chi connectivity index (χ1n) is 4.98. The van der Waals surface area contributed by atoms with Crippen molar-refractivity contribution >= 4 is 24.8 Å². The summed E-state index contributed by atoms with van der Waals surface area (Å²) in [5, 5.41) is 11.6. The highest BCUT2D eigenvalue weighted by Gasteiger charge is 2.16. The molecule has 3 heterocycles. The molecule has 0 saturated heterocycles. The number of rotatable bonds is 1. The molecule has 0 fully saturated rings. The van der Waals surface area contributed by atoms with E-state index in [-0.39, 0.29) is 24.8 Å². The lowest BCUT2D eigenvalue weighted by Crippen LogP contribution is -2.28. The monoisotopic (exact) mass is 273 g/mol. The minimum Gasteiger partial charge on any atom is -0.309 e. The van der Waals surface area contributed by atoms with Crippen molar-refractivity contribution in [3.05, 3.63) is 30.4 Å². The van der Waals surface area contributed by atoms with E-state index in [4.69, 9.17) is 0 Å². The fourth-order valence-corrected chi connectivity index (χ4v) is 1.80. The van der Waals surface area contributed by atoms with Gasteiger partial charge in [0.1, 0.15) is 5.82 Å². The van der Waals surface area contributed by atoms with Crippen molar-refractivity contribution in [1.82, 2.24) is 25.1 Å². The van der Waals surface area contributed by atoms with Gasteiger partial charge in [-0.05, 0) is 12.1 Å². The number of nitrogens with zero attached hydrogens (tertiary/aromatic N) is 4. The molecule has 0 aliphatic carbocycles. The van der Waals surface area contributed by atoms with Crippen molar-refractivity contribution in [3.63, 3.8) is 0 Å². The highest BCUT2D eigenvalue weighted by molar-refractivity contribution is 5.85. The molecule has 1 aliphatic rings. The van der Waals surface area contributed by atoms with Gasteiger partial charge in [0.2, 0.25) is 0 Å². The molecule has 0 saturated carbocycles. The van der Waals surface area contributed by atoms with Crippen LogP contribution in [0.1, 0.15) is 5.82 Å². The minimum absolute atomic E-state index is 0. The maximum Gasteiger partial charge on any atom is 0.165 e. The predicted octanol–water partition coefficient (Wildman–Crippen LogP) is 1.29. The number of halogens is 2. The molecule has 5 nitrogen and oxygen atoms in total. The Morgan fingerprint density at radius 2 is 2.12 bits per heavy atom. The zero-order chi connectivity index (χ0) is 10.1. The summed E-state index contributed by atoms with van der Waals surface area (Å²) < 4.78 is 2.15. The molecule has 1 N–H and O–H groups in total. The molecule has 2 aromatic rings. The lowest BCUT2D eigenvalue weighted by atomic mass is 10.2. The van der Waals surface area contributed by atoms with Gasteiger partial charge in [0, 0.05) is 31.0 Å². The molecule has 3 rings (SSSR count). The Hall–Kier alpha value is -1.17. The van der Waals surface area contributed by atoms with Gasteiger partial charge in [-0.1, -0.05) is 0 Å². The summed E-state index contributed by atoms with van der Waals surface area (Å²) >= 11 is 0. The number of hydrogen-bond acceptors (Lipinski definition) is 4. The summed E-state index contributed by atoms with van der Waals surface area (Å²) in [5.41, 5.74) is 1.03. The van der Waals surface area contributed by atoms with Crippen LogP contribution in [-0.4, -0.2) is 26.3 Å². The molecule has 0 atom stereocenters. The normalized spacial score (nSPS) is 13.2. The van der Waals surface area contributed by atoms with Crippen molar-refractivity contribution < 1.29 is 0 Å². The van der Waals surface area contributed by atoms with Crippen LogP contribution in [0.3, 0.4) is 0 Å². The smallest absolute Gasteiger partial charge is 0.165 e. The largest absolute Gasteiger partial charge is 0.309 e. The molecule has 1 aliphatic heterocycles. The third-order valence-corrected chi connectivity index (χ3v) is 2.54. The van der Waals surface area contributed by atoms with E-state index in [0.717, 1.165) is 36.8 Å². The van der Waals surface area contributed by atoms with Gasteiger partial charge >= 0.3 is 0 Å². The van der Waals surface area contributed by atoms with Crippen LogP contribution in [0, 0.1) is 0 Å². The second-order valence-electron chi connectivity index (χ2n) is 3.51. The van der Waals surface area contributed by atoms with Crippen LogP contribution in [0.15, 0.2) is 24.5 Å². The fraction of sp³-hybridized carbons (Fsp3) is 0.300. The third-order valence-electron chi connectivity index (χ3n) is 2.54. The Morgan fingerprint density at radius 1 is 1.24 bits per heavy atom. The Balaban J connectivity index is 0.000000722. The number of fused-ring (bicyclic) bond motifs is 1. The molecular weight excluding hydrogens is 261 g/mol. The quantitative estimate of drug-likeness (QED) is 0.851. The van der Waals surface area contributed by atoms with Crippen LogP contribution in [0.2, 0.25) is 0 Å². The summed E-state index contributed by atoms with van der Waals surface area (Å²) in [6.07, 6.45) is 3.58. The summed E-state index contributed by atoms with van der Waals surface area (Å²) in [7, 11) is 0. The minimum atomic E-state index is 0. The number of aromatic nitrogens is 4. The second-order valence-corrected chi connectivity index (χ2v) is 3.51. The second kappa shape index (κ2) is 5.95. The molecule has 0 unspecified atom stereocenters. The van der Waals surface area contributed by atoms with E-state index in [0.29, 0.717) is 0 Å². The van der Waals surface area contributed by atoms with Gasteiger partial charge in [0.25, 0.3) is 0 Å². The lowest BCUT2D eigenvalue weighted by Gasteiger charge is -2.15. The Morgan fingerprint density at radius 3 is 2.88 bits per heavy atom. The molecule has 0 radical (unpaired) electrons. The maximum atomic E-state index is 4.20. The van der Waals surface area contributed by atoms with Gasteiger partial charge in [-0.25, -0.2) is 0 Å². The average Bonchev–Trinajstić information content (AvgIpc) is 2.74. The van der Waals surface area contributed by atoms with E-state index >= 15 is 0 Å². The Labute approximate surface area is 111 Å². The summed E-state index contributed by atoms with van der Waals surface area (Å²) in [5.74, 6) is 1.92. The molecule has 2 aromatic heterocycles. The molecule has 0 aromatic carbocycles. The predicted molar refractivity (Wildman–Crippen MR) is 69.5 cm³/mol. The zero-order valence-corrected chi connectivity index (χ0v) is 10.7. The average molecular weight is 274 g/mol. The van der Waals surface area contributed by atoms with E-state index in [1.807, 2.05) is 18.3 Å². The summed E-state index contributed by atoms with van der Waals surface area (Å²) in [6.45, 7) is 2.69. The van der Waals surface area contributed by atoms with E-state index in [1.165, 1.54) is 0 Å². The van der Waals surface area contributed by atoms with Gasteiger partial charge in [-0.3, -0.25) is 4.98 Å². The first-order chi connectivity index (χ1) is 7.45. The van der Waals surface area contributed by atoms with Crippen LogP contribution in [-0.2, 0) is 13.1 Å². The van der Waals surface area contributed by atoms with Gasteiger partial charge in [-0.15, -0.1) is 35.0 Å².